The fraction of sp³-hybridized carbons (Fsp3) is 0.778. The first-order chi connectivity index (χ1) is 6.16. The first kappa shape index (κ1) is 11.9. The molecule has 1 aliphatic heterocycles. The lowest BCUT2D eigenvalue weighted by Crippen LogP contribution is -2.54. The molecule has 0 radical (unpaired) electrons. The highest BCUT2D eigenvalue weighted by Gasteiger charge is 2.32. The number of carbonyl (C=O) groups is 2. The first-order valence-corrected chi connectivity index (χ1v) is 4.75. The van der Waals surface area contributed by atoms with Gasteiger partial charge in [-0.05, 0) is 6.42 Å². The van der Waals surface area contributed by atoms with Crippen LogP contribution in [0.5, 0.6) is 0 Å². The van der Waals surface area contributed by atoms with Crippen molar-refractivity contribution >= 4 is 11.8 Å². The van der Waals surface area contributed by atoms with E-state index in [0.717, 1.165) is 0 Å². The summed E-state index contributed by atoms with van der Waals surface area (Å²) in [7, 11) is 0. The van der Waals surface area contributed by atoms with Crippen molar-refractivity contribution in [3.05, 3.63) is 0 Å². The number of nitrogens with zero attached hydrogens (tertiary/aromatic N) is 1. The zero-order valence-corrected chi connectivity index (χ0v) is 8.54. The lowest BCUT2D eigenvalue weighted by Gasteiger charge is -2.35. The molecule has 1 rings (SSSR count). The average Bonchev–Trinajstić information content (AvgIpc) is 2.14. The minimum Gasteiger partial charge on any atom is -0.368 e. The maximum Gasteiger partial charge on any atom is 0.240 e. The number of likely N-dealkylation sites (tertiary alicyclic amines) is 1. The molecule has 1 saturated heterocycles. The van der Waals surface area contributed by atoms with Crippen LogP contribution in [-0.2, 0) is 9.59 Å². The predicted octanol–water partition coefficient (Wildman–Crippen LogP) is 0.509. The lowest BCUT2D eigenvalue weighted by atomic mass is 10.1. The summed E-state index contributed by atoms with van der Waals surface area (Å²) in [6.07, 6.45) is 1.17. The molecule has 0 spiro atoms. The Morgan fingerprint density at radius 1 is 1.62 bits per heavy atom. The van der Waals surface area contributed by atoms with E-state index < -0.39 is 5.91 Å². The molecule has 0 bridgehead atoms. The van der Waals surface area contributed by atoms with E-state index in [-0.39, 0.29) is 11.9 Å². The number of β-lactam (4-membered cyclic amide) rings is 1. The van der Waals surface area contributed by atoms with Crippen LogP contribution in [0.2, 0.25) is 0 Å². The molecular weight excluding hydrogens is 168 g/mol. The number of primary amides is 1. The van der Waals surface area contributed by atoms with Gasteiger partial charge in [-0.25, -0.2) is 0 Å². The third-order valence-electron chi connectivity index (χ3n) is 1.98. The van der Waals surface area contributed by atoms with Crippen molar-refractivity contribution in [3.63, 3.8) is 0 Å². The molecule has 1 fully saturated rings. The van der Waals surface area contributed by atoms with Crippen molar-refractivity contribution in [2.24, 2.45) is 5.73 Å². The highest BCUT2D eigenvalue weighted by molar-refractivity contribution is 5.89. The van der Waals surface area contributed by atoms with Crippen LogP contribution >= 0.6 is 0 Å². The van der Waals surface area contributed by atoms with E-state index in [9.17, 15) is 9.59 Å². The summed E-state index contributed by atoms with van der Waals surface area (Å²) in [6.45, 7) is 6.53. The summed E-state index contributed by atoms with van der Waals surface area (Å²) < 4.78 is 0. The van der Waals surface area contributed by atoms with Gasteiger partial charge in [-0.15, -0.1) is 0 Å². The molecule has 2 N–H and O–H groups in total. The average molecular weight is 186 g/mol. The molecular formula is C9H18N2O2. The number of carbonyl (C=O) groups excluding carboxylic acids is 2. The molecule has 1 aliphatic rings. The number of hydrogen-bond acceptors (Lipinski definition) is 2. The number of hydrogen-bond donors (Lipinski definition) is 1. The normalized spacial score (nSPS) is 16.8. The largest absolute Gasteiger partial charge is 0.368 e. The monoisotopic (exact) mass is 186 g/mol. The van der Waals surface area contributed by atoms with Crippen molar-refractivity contribution in [1.82, 2.24) is 4.90 Å². The molecule has 1 heterocycles. The zero-order chi connectivity index (χ0) is 10.4. The maximum absolute atomic E-state index is 10.9. The molecule has 0 aromatic heterocycles. The minimum absolute atomic E-state index is 0.0376. The van der Waals surface area contributed by atoms with Gasteiger partial charge in [0.15, 0.2) is 0 Å². The van der Waals surface area contributed by atoms with Gasteiger partial charge in [0.05, 0.1) is 0 Å². The third-order valence-corrected chi connectivity index (χ3v) is 1.98. The topological polar surface area (TPSA) is 63.4 Å². The van der Waals surface area contributed by atoms with E-state index in [1.807, 2.05) is 20.8 Å². The molecule has 4 nitrogen and oxygen atoms in total. The Hall–Kier alpha value is -1.06. The fourth-order valence-corrected chi connectivity index (χ4v) is 1.24. The van der Waals surface area contributed by atoms with Crippen molar-refractivity contribution in [3.8, 4) is 0 Å². The fourth-order valence-electron chi connectivity index (χ4n) is 1.24. The predicted molar refractivity (Wildman–Crippen MR) is 51.0 cm³/mol. The van der Waals surface area contributed by atoms with Crippen molar-refractivity contribution in [2.45, 2.75) is 39.7 Å². The minimum atomic E-state index is -0.402. The Morgan fingerprint density at radius 3 is 2.23 bits per heavy atom. The molecule has 1 atom stereocenters. The Labute approximate surface area is 79.1 Å². The van der Waals surface area contributed by atoms with Gasteiger partial charge in [-0.1, -0.05) is 20.8 Å². The highest BCUT2D eigenvalue weighted by Crippen LogP contribution is 2.14. The third kappa shape index (κ3) is 2.72. The van der Waals surface area contributed by atoms with Crippen LogP contribution in [0.15, 0.2) is 0 Å². The van der Waals surface area contributed by atoms with E-state index >= 15 is 0 Å². The van der Waals surface area contributed by atoms with Gasteiger partial charge in [0.2, 0.25) is 11.8 Å². The van der Waals surface area contributed by atoms with E-state index in [2.05, 4.69) is 0 Å². The summed E-state index contributed by atoms with van der Waals surface area (Å²) in [6, 6.07) is -0.378. The van der Waals surface area contributed by atoms with Crippen LogP contribution in [0.4, 0.5) is 0 Å². The van der Waals surface area contributed by atoms with E-state index in [1.165, 1.54) is 4.90 Å². The summed E-state index contributed by atoms with van der Waals surface area (Å²) in [4.78, 5) is 23.1. The van der Waals surface area contributed by atoms with Crippen LogP contribution in [0, 0.1) is 0 Å². The summed E-state index contributed by atoms with van der Waals surface area (Å²) in [5.74, 6) is -0.365. The second kappa shape index (κ2) is 5.56. The number of nitrogens with two attached hydrogens (primary N) is 1. The molecule has 2 amide bonds. The van der Waals surface area contributed by atoms with Gasteiger partial charge in [0.25, 0.3) is 0 Å². The SMILES string of the molecule is CC.CCC(C(N)=O)N1CCC1=O. The molecule has 76 valence electrons. The Balaban J connectivity index is 0.000000671. The lowest BCUT2D eigenvalue weighted by molar-refractivity contribution is -0.147. The summed E-state index contributed by atoms with van der Waals surface area (Å²) in [5.41, 5.74) is 5.09. The Bertz CT molecular complexity index is 192. The quantitative estimate of drug-likeness (QED) is 0.653. The maximum atomic E-state index is 10.9. The van der Waals surface area contributed by atoms with E-state index in [0.29, 0.717) is 19.4 Å². The van der Waals surface area contributed by atoms with Crippen molar-refractivity contribution < 1.29 is 9.59 Å². The molecule has 1 unspecified atom stereocenters. The smallest absolute Gasteiger partial charge is 0.240 e. The highest BCUT2D eigenvalue weighted by atomic mass is 16.2. The van der Waals surface area contributed by atoms with E-state index in [1.54, 1.807) is 0 Å². The molecule has 0 aliphatic carbocycles. The standard InChI is InChI=1S/C7H12N2O2.C2H6/c1-2-5(7(8)11)9-4-3-6(9)10;1-2/h5H,2-4H2,1H3,(H2,8,11);1-2H3. The molecule has 13 heavy (non-hydrogen) atoms. The van der Waals surface area contributed by atoms with Crippen LogP contribution in [0.1, 0.15) is 33.6 Å². The zero-order valence-electron chi connectivity index (χ0n) is 8.54. The van der Waals surface area contributed by atoms with Crippen molar-refractivity contribution in [2.75, 3.05) is 6.54 Å². The van der Waals surface area contributed by atoms with Gasteiger partial charge in [0.1, 0.15) is 6.04 Å². The van der Waals surface area contributed by atoms with Gasteiger partial charge in [-0.2, -0.15) is 0 Å². The molecule has 0 aromatic rings. The molecule has 4 heteroatoms. The van der Waals surface area contributed by atoms with Crippen LogP contribution < -0.4 is 5.73 Å². The second-order valence-corrected chi connectivity index (χ2v) is 2.66. The second-order valence-electron chi connectivity index (χ2n) is 2.66. The molecule has 0 aromatic carbocycles. The van der Waals surface area contributed by atoms with E-state index in [4.69, 9.17) is 5.73 Å². The summed E-state index contributed by atoms with van der Waals surface area (Å²) >= 11 is 0. The van der Waals surface area contributed by atoms with Gasteiger partial charge in [-0.3, -0.25) is 9.59 Å². The van der Waals surface area contributed by atoms with Crippen LogP contribution in [0.25, 0.3) is 0 Å². The van der Waals surface area contributed by atoms with Crippen LogP contribution in [-0.4, -0.2) is 29.3 Å². The van der Waals surface area contributed by atoms with Crippen molar-refractivity contribution in [1.29, 1.82) is 0 Å². The first-order valence-electron chi connectivity index (χ1n) is 4.75. The van der Waals surface area contributed by atoms with Gasteiger partial charge in [0, 0.05) is 13.0 Å². The van der Waals surface area contributed by atoms with Gasteiger partial charge >= 0.3 is 0 Å². The molecule has 0 saturated carbocycles. The summed E-state index contributed by atoms with van der Waals surface area (Å²) in [5, 5.41) is 0. The Morgan fingerprint density at radius 2 is 2.15 bits per heavy atom. The number of rotatable bonds is 3. The van der Waals surface area contributed by atoms with Gasteiger partial charge < -0.3 is 10.6 Å². The van der Waals surface area contributed by atoms with Crippen LogP contribution in [0.3, 0.4) is 0 Å². The number of amides is 2. The Kier molecular flexibility index (Phi) is 5.11.